The molecular formula is C19H25N3O3. The number of ether oxygens (including phenoxy) is 1. The molecule has 1 aliphatic carbocycles. The average Bonchev–Trinajstić information content (AvgIpc) is 3.35. The number of nitrogens with zero attached hydrogens (tertiary/aromatic N) is 3. The van der Waals surface area contributed by atoms with Gasteiger partial charge in [0.2, 0.25) is 0 Å². The summed E-state index contributed by atoms with van der Waals surface area (Å²) in [7, 11) is 0. The van der Waals surface area contributed by atoms with Crippen molar-refractivity contribution >= 4 is 5.91 Å². The number of rotatable bonds is 3. The highest BCUT2D eigenvalue weighted by Crippen LogP contribution is 2.31. The van der Waals surface area contributed by atoms with Crippen LogP contribution in [0.1, 0.15) is 65.4 Å². The predicted octanol–water partition coefficient (Wildman–Crippen LogP) is 3.42. The van der Waals surface area contributed by atoms with E-state index in [2.05, 4.69) is 5.10 Å². The molecule has 1 unspecified atom stereocenters. The minimum Gasteiger partial charge on any atom is -0.464 e. The second-order valence-corrected chi connectivity index (χ2v) is 7.09. The first-order valence-electron chi connectivity index (χ1n) is 9.15. The van der Waals surface area contributed by atoms with Gasteiger partial charge in [0.15, 0.2) is 0 Å². The molecule has 134 valence electrons. The van der Waals surface area contributed by atoms with Gasteiger partial charge in [-0.2, -0.15) is 5.10 Å². The number of hydrogen-bond acceptors (Lipinski definition) is 4. The first-order valence-corrected chi connectivity index (χ1v) is 9.15. The standard InChI is InChI=1S/C19H25N3O3/c1-13-7-8-17(25-13)18-12-21(9-10-24-18)19(23)16-11-20-22(14(16)2)15-5-3-4-6-15/h7-8,11,15,18H,3-6,9-10,12H2,1-2H3. The van der Waals surface area contributed by atoms with Crippen molar-refractivity contribution in [2.45, 2.75) is 51.7 Å². The number of hydrogen-bond donors (Lipinski definition) is 0. The molecule has 3 heterocycles. The molecule has 0 N–H and O–H groups in total. The maximum Gasteiger partial charge on any atom is 0.257 e. The summed E-state index contributed by atoms with van der Waals surface area (Å²) < 4.78 is 13.5. The van der Waals surface area contributed by atoms with Crippen molar-refractivity contribution in [2.75, 3.05) is 19.7 Å². The van der Waals surface area contributed by atoms with E-state index in [1.807, 2.05) is 35.6 Å². The van der Waals surface area contributed by atoms with Crippen molar-refractivity contribution < 1.29 is 13.9 Å². The fourth-order valence-corrected chi connectivity index (χ4v) is 3.95. The third-order valence-electron chi connectivity index (χ3n) is 5.38. The van der Waals surface area contributed by atoms with Gasteiger partial charge < -0.3 is 14.1 Å². The molecular weight excluding hydrogens is 318 g/mol. The second kappa shape index (κ2) is 6.67. The minimum atomic E-state index is -0.198. The number of morpholine rings is 1. The van der Waals surface area contributed by atoms with Gasteiger partial charge in [-0.1, -0.05) is 12.8 Å². The highest BCUT2D eigenvalue weighted by atomic mass is 16.5. The van der Waals surface area contributed by atoms with Gasteiger partial charge >= 0.3 is 0 Å². The van der Waals surface area contributed by atoms with Gasteiger partial charge in [0.1, 0.15) is 17.6 Å². The Hall–Kier alpha value is -2.08. The van der Waals surface area contributed by atoms with Crippen molar-refractivity contribution in [3.8, 4) is 0 Å². The van der Waals surface area contributed by atoms with E-state index in [1.54, 1.807) is 6.20 Å². The van der Waals surface area contributed by atoms with E-state index in [0.29, 0.717) is 31.3 Å². The van der Waals surface area contributed by atoms with E-state index < -0.39 is 0 Å². The van der Waals surface area contributed by atoms with E-state index in [0.717, 1.165) is 30.1 Å². The summed E-state index contributed by atoms with van der Waals surface area (Å²) in [5, 5.41) is 4.51. The van der Waals surface area contributed by atoms with Gasteiger partial charge in [0.05, 0.1) is 31.0 Å². The Labute approximate surface area is 147 Å². The first kappa shape index (κ1) is 16.4. The van der Waals surface area contributed by atoms with E-state index in [1.165, 1.54) is 12.8 Å². The molecule has 2 aliphatic rings. The summed E-state index contributed by atoms with van der Waals surface area (Å²) in [5.74, 6) is 1.68. The third-order valence-corrected chi connectivity index (χ3v) is 5.38. The summed E-state index contributed by atoms with van der Waals surface area (Å²) in [6.07, 6.45) is 6.36. The van der Waals surface area contributed by atoms with E-state index in [4.69, 9.17) is 9.15 Å². The molecule has 1 amide bonds. The normalized spacial score (nSPS) is 21.8. The summed E-state index contributed by atoms with van der Waals surface area (Å²) in [6.45, 7) is 5.55. The number of amides is 1. The number of carbonyl (C=O) groups is 1. The van der Waals surface area contributed by atoms with Crippen LogP contribution >= 0.6 is 0 Å². The van der Waals surface area contributed by atoms with Crippen molar-refractivity contribution in [1.82, 2.24) is 14.7 Å². The quantitative estimate of drug-likeness (QED) is 0.857. The van der Waals surface area contributed by atoms with E-state index in [-0.39, 0.29) is 12.0 Å². The monoisotopic (exact) mass is 343 g/mol. The first-order chi connectivity index (χ1) is 12.1. The zero-order valence-corrected chi connectivity index (χ0v) is 14.9. The minimum absolute atomic E-state index is 0.0401. The maximum absolute atomic E-state index is 13.0. The lowest BCUT2D eigenvalue weighted by Gasteiger charge is -2.32. The molecule has 6 nitrogen and oxygen atoms in total. The largest absolute Gasteiger partial charge is 0.464 e. The van der Waals surface area contributed by atoms with Crippen LogP contribution in [-0.2, 0) is 4.74 Å². The number of aryl methyl sites for hydroxylation is 1. The van der Waals surface area contributed by atoms with Crippen LogP contribution in [0, 0.1) is 13.8 Å². The van der Waals surface area contributed by atoms with Crippen LogP contribution in [0.5, 0.6) is 0 Å². The fraction of sp³-hybridized carbons (Fsp3) is 0.579. The summed E-state index contributed by atoms with van der Waals surface area (Å²) in [5.41, 5.74) is 1.69. The molecule has 1 saturated heterocycles. The van der Waals surface area contributed by atoms with E-state index in [9.17, 15) is 4.79 Å². The topological polar surface area (TPSA) is 60.5 Å². The second-order valence-electron chi connectivity index (χ2n) is 7.09. The molecule has 25 heavy (non-hydrogen) atoms. The molecule has 1 aliphatic heterocycles. The van der Waals surface area contributed by atoms with Gasteiger partial charge in [-0.05, 0) is 38.8 Å². The van der Waals surface area contributed by atoms with E-state index >= 15 is 0 Å². The maximum atomic E-state index is 13.0. The Morgan fingerprint density at radius 3 is 2.76 bits per heavy atom. The van der Waals surface area contributed by atoms with Gasteiger partial charge in [0.25, 0.3) is 5.91 Å². The molecule has 0 aromatic carbocycles. The Morgan fingerprint density at radius 2 is 2.04 bits per heavy atom. The van der Waals surface area contributed by atoms with Crippen LogP contribution in [0.25, 0.3) is 0 Å². The molecule has 4 rings (SSSR count). The van der Waals surface area contributed by atoms with Crippen molar-refractivity contribution in [2.24, 2.45) is 0 Å². The fourth-order valence-electron chi connectivity index (χ4n) is 3.95. The lowest BCUT2D eigenvalue weighted by molar-refractivity contribution is -0.0324. The van der Waals surface area contributed by atoms with Crippen LogP contribution in [0.3, 0.4) is 0 Å². The summed E-state index contributed by atoms with van der Waals surface area (Å²) in [4.78, 5) is 14.9. The Bertz CT molecular complexity index is 758. The van der Waals surface area contributed by atoms with Crippen molar-refractivity contribution in [3.05, 3.63) is 41.1 Å². The van der Waals surface area contributed by atoms with Crippen LogP contribution in [0.4, 0.5) is 0 Å². The third kappa shape index (κ3) is 3.11. The Morgan fingerprint density at radius 1 is 1.24 bits per heavy atom. The Balaban J connectivity index is 1.50. The number of furan rings is 1. The Kier molecular flexibility index (Phi) is 4.37. The zero-order chi connectivity index (χ0) is 17.4. The summed E-state index contributed by atoms with van der Waals surface area (Å²) >= 11 is 0. The van der Waals surface area contributed by atoms with Crippen molar-refractivity contribution in [3.63, 3.8) is 0 Å². The van der Waals surface area contributed by atoms with Crippen LogP contribution in [-0.4, -0.2) is 40.3 Å². The molecule has 0 spiro atoms. The molecule has 1 saturated carbocycles. The smallest absolute Gasteiger partial charge is 0.257 e. The number of carbonyl (C=O) groups excluding carboxylic acids is 1. The number of aromatic nitrogens is 2. The molecule has 1 atom stereocenters. The highest BCUT2D eigenvalue weighted by molar-refractivity contribution is 5.95. The molecule has 0 radical (unpaired) electrons. The van der Waals surface area contributed by atoms with Crippen LogP contribution in [0.2, 0.25) is 0 Å². The lowest BCUT2D eigenvalue weighted by Crippen LogP contribution is -2.42. The van der Waals surface area contributed by atoms with Gasteiger partial charge in [-0.25, -0.2) is 0 Å². The van der Waals surface area contributed by atoms with Gasteiger partial charge in [-0.3, -0.25) is 9.48 Å². The van der Waals surface area contributed by atoms with Crippen molar-refractivity contribution in [1.29, 1.82) is 0 Å². The SMILES string of the molecule is Cc1ccc(C2CN(C(=O)c3cnn(C4CCCC4)c3C)CCO2)o1. The molecule has 2 fully saturated rings. The van der Waals surface area contributed by atoms with Gasteiger partial charge in [0, 0.05) is 12.2 Å². The van der Waals surface area contributed by atoms with Gasteiger partial charge in [-0.15, -0.1) is 0 Å². The molecule has 0 bridgehead atoms. The highest BCUT2D eigenvalue weighted by Gasteiger charge is 2.30. The summed E-state index contributed by atoms with van der Waals surface area (Å²) in [6, 6.07) is 4.30. The molecule has 2 aromatic heterocycles. The van der Waals surface area contributed by atoms with Crippen LogP contribution in [0.15, 0.2) is 22.7 Å². The molecule has 6 heteroatoms. The van der Waals surface area contributed by atoms with Crippen LogP contribution < -0.4 is 0 Å². The zero-order valence-electron chi connectivity index (χ0n) is 14.9. The lowest BCUT2D eigenvalue weighted by atomic mass is 10.1. The molecule has 2 aromatic rings. The average molecular weight is 343 g/mol. The predicted molar refractivity (Wildman–Crippen MR) is 92.5 cm³/mol.